The number of aryl methyl sites for hydroxylation is 1. The van der Waals surface area contributed by atoms with E-state index in [1.807, 2.05) is 6.92 Å². The third kappa shape index (κ3) is 3.50. The molecule has 2 heterocycles. The molecule has 0 saturated heterocycles. The molecule has 18 heavy (non-hydrogen) atoms. The highest BCUT2D eigenvalue weighted by Crippen LogP contribution is 2.18. The molecule has 6 nitrogen and oxygen atoms in total. The molecule has 2 aromatic heterocycles. The van der Waals surface area contributed by atoms with Gasteiger partial charge in [-0.1, -0.05) is 16.8 Å². The van der Waals surface area contributed by atoms with Crippen molar-refractivity contribution < 1.29 is 8.42 Å². The molecule has 2 rings (SSSR count). The Labute approximate surface area is 114 Å². The minimum absolute atomic E-state index is 0.122. The van der Waals surface area contributed by atoms with Crippen LogP contribution in [0.15, 0.2) is 11.6 Å². The zero-order valence-corrected chi connectivity index (χ0v) is 12.0. The molecule has 0 fully saturated rings. The molecule has 0 N–H and O–H groups in total. The smallest absolute Gasteiger partial charge is 0.162 e. The van der Waals surface area contributed by atoms with Crippen LogP contribution in [0.1, 0.15) is 17.6 Å². The van der Waals surface area contributed by atoms with Gasteiger partial charge in [-0.05, 0) is 6.92 Å². The van der Waals surface area contributed by atoms with Crippen molar-refractivity contribution in [2.24, 2.45) is 0 Å². The molecule has 0 amide bonds. The van der Waals surface area contributed by atoms with Crippen molar-refractivity contribution in [1.82, 2.24) is 20.0 Å². The number of nitrogens with zero attached hydrogens (tertiary/aromatic N) is 4. The molecule has 0 atom stereocenters. The highest BCUT2D eigenvalue weighted by Gasteiger charge is 2.17. The van der Waals surface area contributed by atoms with Crippen LogP contribution in [0.25, 0.3) is 0 Å². The van der Waals surface area contributed by atoms with Crippen LogP contribution < -0.4 is 0 Å². The fraction of sp³-hybridized carbons (Fsp3) is 0.444. The number of halogens is 1. The van der Waals surface area contributed by atoms with Gasteiger partial charge in [0, 0.05) is 18.1 Å². The molecular weight excluding hydrogens is 296 g/mol. The van der Waals surface area contributed by atoms with Gasteiger partial charge in [-0.2, -0.15) is 0 Å². The molecule has 98 valence electrons. The van der Waals surface area contributed by atoms with Gasteiger partial charge in [0.15, 0.2) is 9.84 Å². The van der Waals surface area contributed by atoms with Crippen LogP contribution in [0.5, 0.6) is 0 Å². The molecule has 0 bridgehead atoms. The number of hydrogen-bond acceptors (Lipinski definition) is 6. The minimum atomic E-state index is -3.30. The summed E-state index contributed by atoms with van der Waals surface area (Å²) in [7, 11) is -3.30. The predicted octanol–water partition coefficient (Wildman–Crippen LogP) is 1.52. The molecular formula is C9H11ClN4O2S2. The number of hydrogen-bond donors (Lipinski definition) is 0. The SMILES string of the molecule is CCn1cc(CS(=O)(=O)Cc2nc(Cl)cs2)nn1. The Kier molecular flexibility index (Phi) is 3.98. The van der Waals surface area contributed by atoms with E-state index >= 15 is 0 Å². The Hall–Kier alpha value is -0.990. The molecule has 2 aromatic rings. The zero-order valence-electron chi connectivity index (χ0n) is 9.58. The average molecular weight is 307 g/mol. The van der Waals surface area contributed by atoms with Crippen molar-refractivity contribution in [2.75, 3.05) is 0 Å². The first-order valence-corrected chi connectivity index (χ1v) is 8.26. The van der Waals surface area contributed by atoms with Crippen molar-refractivity contribution in [3.05, 3.63) is 27.4 Å². The highest BCUT2D eigenvalue weighted by molar-refractivity contribution is 7.89. The van der Waals surface area contributed by atoms with Gasteiger partial charge in [0.1, 0.15) is 15.9 Å². The summed E-state index contributed by atoms with van der Waals surface area (Å²) in [5.41, 5.74) is 0.444. The van der Waals surface area contributed by atoms with Crippen LogP contribution in [-0.2, 0) is 27.9 Å². The summed E-state index contributed by atoms with van der Waals surface area (Å²) in [6.07, 6.45) is 1.63. The maximum absolute atomic E-state index is 11.9. The summed E-state index contributed by atoms with van der Waals surface area (Å²) in [5, 5.41) is 10.0. The normalized spacial score (nSPS) is 11.9. The second-order valence-corrected chi connectivity index (χ2v) is 7.06. The molecule has 0 aromatic carbocycles. The maximum Gasteiger partial charge on any atom is 0.162 e. The van der Waals surface area contributed by atoms with Gasteiger partial charge in [0.2, 0.25) is 0 Å². The lowest BCUT2D eigenvalue weighted by Crippen LogP contribution is -2.07. The van der Waals surface area contributed by atoms with Crippen molar-refractivity contribution in [2.45, 2.75) is 25.0 Å². The molecule has 0 aliphatic carbocycles. The molecule has 0 radical (unpaired) electrons. The van der Waals surface area contributed by atoms with Crippen LogP contribution in [0.4, 0.5) is 0 Å². The van der Waals surface area contributed by atoms with E-state index in [-0.39, 0.29) is 11.5 Å². The van der Waals surface area contributed by atoms with Gasteiger partial charge in [-0.15, -0.1) is 16.4 Å². The lowest BCUT2D eigenvalue weighted by Gasteiger charge is -1.98. The van der Waals surface area contributed by atoms with E-state index in [4.69, 9.17) is 11.6 Å². The molecule has 0 aliphatic rings. The molecule has 0 unspecified atom stereocenters. The minimum Gasteiger partial charge on any atom is -0.253 e. The molecule has 9 heteroatoms. The van der Waals surface area contributed by atoms with Crippen molar-refractivity contribution >= 4 is 32.8 Å². The van der Waals surface area contributed by atoms with Crippen molar-refractivity contribution in [3.8, 4) is 0 Å². The molecule has 0 saturated carbocycles. The first-order chi connectivity index (χ1) is 8.48. The number of rotatable bonds is 5. The van der Waals surface area contributed by atoms with Gasteiger partial charge in [-0.3, -0.25) is 4.68 Å². The van der Waals surface area contributed by atoms with Crippen LogP contribution in [0, 0.1) is 0 Å². The number of thiazole rings is 1. The predicted molar refractivity (Wildman–Crippen MR) is 69.1 cm³/mol. The summed E-state index contributed by atoms with van der Waals surface area (Å²) in [6.45, 7) is 2.57. The first-order valence-electron chi connectivity index (χ1n) is 5.18. The van der Waals surface area contributed by atoms with Gasteiger partial charge in [-0.25, -0.2) is 13.4 Å². The van der Waals surface area contributed by atoms with E-state index in [0.717, 1.165) is 0 Å². The second-order valence-electron chi connectivity index (χ2n) is 3.66. The van der Waals surface area contributed by atoms with E-state index in [1.54, 1.807) is 16.3 Å². The van der Waals surface area contributed by atoms with Crippen molar-refractivity contribution in [3.63, 3.8) is 0 Å². The Bertz CT molecular complexity index is 635. The summed E-state index contributed by atoms with van der Waals surface area (Å²) >= 11 is 6.88. The quantitative estimate of drug-likeness (QED) is 0.837. The summed E-state index contributed by atoms with van der Waals surface area (Å²) in [4.78, 5) is 3.92. The maximum atomic E-state index is 11.9. The Morgan fingerprint density at radius 2 is 2.22 bits per heavy atom. The lowest BCUT2D eigenvalue weighted by molar-refractivity contribution is 0.593. The summed E-state index contributed by atoms with van der Waals surface area (Å²) < 4.78 is 25.4. The molecule has 0 aliphatic heterocycles. The van der Waals surface area contributed by atoms with E-state index in [9.17, 15) is 8.42 Å². The summed E-state index contributed by atoms with van der Waals surface area (Å²) in [6, 6.07) is 0. The summed E-state index contributed by atoms with van der Waals surface area (Å²) in [5.74, 6) is -0.256. The monoisotopic (exact) mass is 306 g/mol. The Morgan fingerprint density at radius 1 is 1.44 bits per heavy atom. The third-order valence-electron chi connectivity index (χ3n) is 2.14. The first kappa shape index (κ1) is 13.4. The second kappa shape index (κ2) is 5.33. The van der Waals surface area contributed by atoms with Crippen LogP contribution >= 0.6 is 22.9 Å². The van der Waals surface area contributed by atoms with Gasteiger partial charge in [0.05, 0.1) is 11.4 Å². The van der Waals surface area contributed by atoms with Gasteiger partial charge in [0.25, 0.3) is 0 Å². The van der Waals surface area contributed by atoms with E-state index in [0.29, 0.717) is 22.4 Å². The molecule has 0 spiro atoms. The average Bonchev–Trinajstić information content (AvgIpc) is 2.86. The standard InChI is InChI=1S/C9H11ClN4O2S2/c1-2-14-3-7(12-13-14)5-18(15,16)6-9-11-8(10)4-17-9/h3-4H,2,5-6H2,1H3. The number of sulfone groups is 1. The third-order valence-corrected chi connectivity index (χ3v) is 4.95. The highest BCUT2D eigenvalue weighted by atomic mass is 35.5. The largest absolute Gasteiger partial charge is 0.253 e. The topological polar surface area (TPSA) is 77.7 Å². The van der Waals surface area contributed by atoms with E-state index < -0.39 is 9.84 Å². The lowest BCUT2D eigenvalue weighted by atomic mass is 10.5. The van der Waals surface area contributed by atoms with Crippen molar-refractivity contribution in [1.29, 1.82) is 0 Å². The van der Waals surface area contributed by atoms with E-state index in [1.165, 1.54) is 11.3 Å². The van der Waals surface area contributed by atoms with Crippen LogP contribution in [0.3, 0.4) is 0 Å². The van der Waals surface area contributed by atoms with Crippen LogP contribution in [0.2, 0.25) is 5.15 Å². The van der Waals surface area contributed by atoms with Crippen LogP contribution in [-0.4, -0.2) is 28.4 Å². The van der Waals surface area contributed by atoms with Gasteiger partial charge >= 0.3 is 0 Å². The number of aromatic nitrogens is 4. The van der Waals surface area contributed by atoms with E-state index in [2.05, 4.69) is 15.3 Å². The zero-order chi connectivity index (χ0) is 13.2. The fourth-order valence-electron chi connectivity index (χ4n) is 1.38. The fourth-order valence-corrected chi connectivity index (χ4v) is 4.04. The van der Waals surface area contributed by atoms with Gasteiger partial charge < -0.3 is 0 Å². The Morgan fingerprint density at radius 3 is 2.78 bits per heavy atom. The Balaban J connectivity index is 2.07.